The van der Waals surface area contributed by atoms with Crippen LogP contribution >= 0.6 is 0 Å². The first-order chi connectivity index (χ1) is 17.1. The van der Waals surface area contributed by atoms with E-state index in [-0.39, 0.29) is 5.82 Å². The van der Waals surface area contributed by atoms with Crippen LogP contribution in [0, 0.1) is 18.7 Å². The van der Waals surface area contributed by atoms with Crippen molar-refractivity contribution < 1.29 is 4.39 Å². The molecule has 1 aliphatic rings. The van der Waals surface area contributed by atoms with E-state index in [4.69, 9.17) is 5.10 Å². The van der Waals surface area contributed by atoms with Gasteiger partial charge in [-0.05, 0) is 62.4 Å². The Morgan fingerprint density at radius 3 is 2.69 bits per heavy atom. The minimum absolute atomic E-state index is 0.257. The van der Waals surface area contributed by atoms with E-state index in [0.29, 0.717) is 17.6 Å². The maximum atomic E-state index is 13.6. The van der Waals surface area contributed by atoms with Crippen LogP contribution in [0.1, 0.15) is 31.0 Å². The van der Waals surface area contributed by atoms with Gasteiger partial charge in [0.2, 0.25) is 0 Å². The minimum Gasteiger partial charge on any atom is -0.325 e. The lowest BCUT2D eigenvalue weighted by molar-refractivity contribution is 0.571. The number of pyridine rings is 1. The monoisotopic (exact) mass is 468 g/mol. The van der Waals surface area contributed by atoms with Gasteiger partial charge in [0.15, 0.2) is 5.82 Å². The number of anilines is 2. The number of aryl methyl sites for hydroxylation is 1. The van der Waals surface area contributed by atoms with E-state index < -0.39 is 0 Å². The average molecular weight is 469 g/mol. The van der Waals surface area contributed by atoms with Gasteiger partial charge in [-0.3, -0.25) is 4.98 Å². The van der Waals surface area contributed by atoms with Gasteiger partial charge in [0.1, 0.15) is 23.8 Å². The highest BCUT2D eigenvalue weighted by Crippen LogP contribution is 2.36. The van der Waals surface area contributed by atoms with Crippen molar-refractivity contribution in [2.45, 2.75) is 39.7 Å². The van der Waals surface area contributed by atoms with Gasteiger partial charge in [-0.2, -0.15) is 10.2 Å². The molecule has 8 nitrogen and oxygen atoms in total. The van der Waals surface area contributed by atoms with Gasteiger partial charge in [0, 0.05) is 35.3 Å². The predicted octanol–water partition coefficient (Wildman–Crippen LogP) is 5.24. The van der Waals surface area contributed by atoms with Gasteiger partial charge in [0.25, 0.3) is 0 Å². The molecule has 0 aliphatic heterocycles. The van der Waals surface area contributed by atoms with Crippen molar-refractivity contribution in [1.82, 2.24) is 34.5 Å². The summed E-state index contributed by atoms with van der Waals surface area (Å²) in [4.78, 5) is 13.2. The molecule has 9 heteroatoms. The molecule has 4 aromatic heterocycles. The largest absolute Gasteiger partial charge is 0.325 e. The summed E-state index contributed by atoms with van der Waals surface area (Å²) in [6, 6.07) is 10.3. The van der Waals surface area contributed by atoms with Crippen LogP contribution in [0.3, 0.4) is 0 Å². The van der Waals surface area contributed by atoms with E-state index in [1.807, 2.05) is 23.7 Å². The number of nitrogens with zero attached hydrogens (tertiary/aromatic N) is 7. The van der Waals surface area contributed by atoms with Crippen molar-refractivity contribution in [3.05, 3.63) is 72.2 Å². The Morgan fingerprint density at radius 2 is 1.91 bits per heavy atom. The second-order valence-corrected chi connectivity index (χ2v) is 8.94. The van der Waals surface area contributed by atoms with Crippen molar-refractivity contribution in [3.8, 4) is 17.1 Å². The van der Waals surface area contributed by atoms with E-state index in [1.54, 1.807) is 29.2 Å². The van der Waals surface area contributed by atoms with Crippen molar-refractivity contribution in [2.75, 3.05) is 5.32 Å². The molecular formula is C26H25FN8. The van der Waals surface area contributed by atoms with E-state index >= 15 is 0 Å². The number of fused-ring (bicyclic) bond motifs is 1. The van der Waals surface area contributed by atoms with Gasteiger partial charge < -0.3 is 5.32 Å². The molecule has 1 aliphatic carbocycles. The minimum atomic E-state index is -0.257. The normalized spacial score (nSPS) is 13.5. The van der Waals surface area contributed by atoms with E-state index in [1.165, 1.54) is 31.3 Å². The van der Waals surface area contributed by atoms with Crippen LogP contribution in [0.15, 0.2) is 55.1 Å². The second kappa shape index (κ2) is 8.57. The molecule has 1 aromatic carbocycles. The number of hydrogen-bond acceptors (Lipinski definition) is 6. The van der Waals surface area contributed by atoms with E-state index in [0.717, 1.165) is 52.2 Å². The number of rotatable bonds is 7. The van der Waals surface area contributed by atoms with Crippen molar-refractivity contribution in [3.63, 3.8) is 0 Å². The zero-order valence-corrected chi connectivity index (χ0v) is 19.6. The number of nitrogens with one attached hydrogen (secondary N) is 1. The zero-order valence-electron chi connectivity index (χ0n) is 19.6. The smallest absolute Gasteiger partial charge is 0.159 e. The Hall–Kier alpha value is -4.14. The lowest BCUT2D eigenvalue weighted by Crippen LogP contribution is -2.09. The predicted molar refractivity (Wildman–Crippen MR) is 132 cm³/mol. The molecule has 1 N–H and O–H groups in total. The van der Waals surface area contributed by atoms with Gasteiger partial charge in [-0.1, -0.05) is 6.92 Å². The molecule has 0 atom stereocenters. The molecule has 176 valence electrons. The Kier molecular flexibility index (Phi) is 5.24. The van der Waals surface area contributed by atoms with Gasteiger partial charge in [-0.15, -0.1) is 0 Å². The summed E-state index contributed by atoms with van der Waals surface area (Å²) in [5, 5.41) is 14.2. The lowest BCUT2D eigenvalue weighted by Gasteiger charge is -2.12. The summed E-state index contributed by atoms with van der Waals surface area (Å²) in [7, 11) is 0. The SMILES string of the molecule is CCc1c(-c2ccc(F)cc2)nn(CC2CC2)c1Nc1cc(-n2nc(C)c3ccncc32)ncn1. The van der Waals surface area contributed by atoms with Crippen molar-refractivity contribution in [1.29, 1.82) is 0 Å². The number of halogens is 1. The van der Waals surface area contributed by atoms with Crippen LogP contribution in [-0.4, -0.2) is 34.5 Å². The molecule has 0 saturated heterocycles. The van der Waals surface area contributed by atoms with Crippen LogP contribution in [0.5, 0.6) is 0 Å². The fourth-order valence-corrected chi connectivity index (χ4v) is 4.44. The topological polar surface area (TPSA) is 86.3 Å². The molecule has 1 saturated carbocycles. The standard InChI is InChI=1S/C26H25FN8/c1-3-20-25(18-6-8-19(27)9-7-18)33-34(14-17-4-5-17)26(20)31-23-12-24(30-15-29-23)35-22-13-28-11-10-21(22)16(2)32-35/h6-13,15,17H,3-5,14H2,1-2H3,(H,29,30,31). The number of aromatic nitrogens is 7. The molecule has 0 unspecified atom stereocenters. The van der Waals surface area contributed by atoms with Crippen molar-refractivity contribution >= 4 is 22.5 Å². The maximum absolute atomic E-state index is 13.6. The second-order valence-electron chi connectivity index (χ2n) is 8.94. The number of benzene rings is 1. The molecule has 35 heavy (non-hydrogen) atoms. The Bertz CT molecular complexity index is 1510. The zero-order chi connectivity index (χ0) is 23.9. The molecule has 0 bridgehead atoms. The van der Waals surface area contributed by atoms with Crippen LogP contribution < -0.4 is 5.32 Å². The molecule has 0 radical (unpaired) electrons. The van der Waals surface area contributed by atoms with Crippen LogP contribution in [0.2, 0.25) is 0 Å². The van der Waals surface area contributed by atoms with Gasteiger partial charge >= 0.3 is 0 Å². The molecule has 1 fully saturated rings. The first kappa shape index (κ1) is 21.4. The highest BCUT2D eigenvalue weighted by Gasteiger charge is 2.26. The summed E-state index contributed by atoms with van der Waals surface area (Å²) in [6.07, 6.45) is 8.28. The summed E-state index contributed by atoms with van der Waals surface area (Å²) in [5.74, 6) is 2.59. The average Bonchev–Trinajstić information content (AvgIpc) is 3.55. The highest BCUT2D eigenvalue weighted by molar-refractivity contribution is 5.82. The first-order valence-electron chi connectivity index (χ1n) is 11.8. The highest BCUT2D eigenvalue weighted by atomic mass is 19.1. The van der Waals surface area contributed by atoms with Crippen LogP contribution in [0.25, 0.3) is 28.0 Å². The van der Waals surface area contributed by atoms with Gasteiger partial charge in [-0.25, -0.2) is 23.7 Å². The molecular weight excluding hydrogens is 443 g/mol. The lowest BCUT2D eigenvalue weighted by atomic mass is 10.1. The third-order valence-corrected chi connectivity index (χ3v) is 6.43. The van der Waals surface area contributed by atoms with E-state index in [2.05, 4.69) is 32.3 Å². The van der Waals surface area contributed by atoms with Crippen molar-refractivity contribution in [2.24, 2.45) is 5.92 Å². The fraction of sp³-hybridized carbons (Fsp3) is 0.269. The third kappa shape index (κ3) is 4.03. The first-order valence-corrected chi connectivity index (χ1v) is 11.8. The summed E-state index contributed by atoms with van der Waals surface area (Å²) in [5.41, 5.74) is 4.64. The van der Waals surface area contributed by atoms with Gasteiger partial charge in [0.05, 0.1) is 23.1 Å². The van der Waals surface area contributed by atoms with E-state index in [9.17, 15) is 4.39 Å². The summed E-state index contributed by atoms with van der Waals surface area (Å²) in [6.45, 7) is 4.91. The van der Waals surface area contributed by atoms with Crippen LogP contribution in [-0.2, 0) is 13.0 Å². The Morgan fingerprint density at radius 1 is 1.09 bits per heavy atom. The number of hydrogen-bond donors (Lipinski definition) is 1. The maximum Gasteiger partial charge on any atom is 0.159 e. The Balaban J connectivity index is 1.41. The summed E-state index contributed by atoms with van der Waals surface area (Å²) >= 11 is 0. The molecule has 4 heterocycles. The Labute approximate surface area is 201 Å². The molecule has 6 rings (SSSR count). The quantitative estimate of drug-likeness (QED) is 0.352. The third-order valence-electron chi connectivity index (χ3n) is 6.43. The fourth-order valence-electron chi connectivity index (χ4n) is 4.44. The molecule has 0 spiro atoms. The van der Waals surface area contributed by atoms with Crippen LogP contribution in [0.4, 0.5) is 16.0 Å². The summed E-state index contributed by atoms with van der Waals surface area (Å²) < 4.78 is 17.4. The molecule has 0 amide bonds. The molecule has 5 aromatic rings.